The molecule has 0 bridgehead atoms. The van der Waals surface area contributed by atoms with E-state index in [1.165, 1.54) is 0 Å². The lowest BCUT2D eigenvalue weighted by molar-refractivity contribution is -0.274. The highest BCUT2D eigenvalue weighted by molar-refractivity contribution is 6.06. The van der Waals surface area contributed by atoms with Gasteiger partial charge in [-0.1, -0.05) is 0 Å². The van der Waals surface area contributed by atoms with Crippen molar-refractivity contribution in [3.05, 3.63) is 65.5 Å². The van der Waals surface area contributed by atoms with Gasteiger partial charge in [0.05, 0.1) is 25.2 Å². The van der Waals surface area contributed by atoms with Crippen LogP contribution < -0.4 is 25.3 Å². The summed E-state index contributed by atoms with van der Waals surface area (Å²) in [6.45, 7) is 0. The number of aromatic nitrogens is 2. The van der Waals surface area contributed by atoms with Gasteiger partial charge in [0.1, 0.15) is 17.1 Å². The zero-order chi connectivity index (χ0) is 25.9. The lowest BCUT2D eigenvalue weighted by atomic mass is 10.1. The number of primary amides is 1. The first-order chi connectivity index (χ1) is 16.4. The summed E-state index contributed by atoms with van der Waals surface area (Å²) in [7, 11) is 1.05. The average Bonchev–Trinajstić information content (AvgIpc) is 2.77. The SMILES string of the molecule is COc1cc(OC(F)(F)F)ccc1Oc1cc(F)c(F)c(F)c1C(=O)Nc1cnc(C(N)=O)nc1. The van der Waals surface area contributed by atoms with E-state index in [2.05, 4.69) is 20.0 Å². The molecule has 1 heterocycles. The number of rotatable bonds is 7. The van der Waals surface area contributed by atoms with Crippen molar-refractivity contribution in [1.82, 2.24) is 9.97 Å². The van der Waals surface area contributed by atoms with Crippen LogP contribution in [-0.4, -0.2) is 35.3 Å². The Morgan fingerprint density at radius 2 is 1.63 bits per heavy atom. The summed E-state index contributed by atoms with van der Waals surface area (Å²) in [5, 5.41) is 2.10. The van der Waals surface area contributed by atoms with Crippen LogP contribution in [0.2, 0.25) is 0 Å². The fraction of sp³-hybridized carbons (Fsp3) is 0.100. The van der Waals surface area contributed by atoms with Gasteiger partial charge in [0.15, 0.2) is 29.0 Å². The number of nitrogens with one attached hydrogen (secondary N) is 1. The predicted molar refractivity (Wildman–Crippen MR) is 105 cm³/mol. The number of anilines is 1. The van der Waals surface area contributed by atoms with E-state index in [0.717, 1.165) is 37.7 Å². The maximum atomic E-state index is 14.6. The molecule has 3 N–H and O–H groups in total. The molecular formula is C20H12F6N4O5. The largest absolute Gasteiger partial charge is 0.573 e. The number of ether oxygens (including phenoxy) is 3. The zero-order valence-electron chi connectivity index (χ0n) is 17.2. The highest BCUT2D eigenvalue weighted by atomic mass is 19.4. The number of amides is 2. The molecule has 0 unspecified atom stereocenters. The smallest absolute Gasteiger partial charge is 0.493 e. The van der Waals surface area contributed by atoms with Crippen LogP contribution in [0, 0.1) is 17.5 Å². The minimum absolute atomic E-state index is 0.179. The highest BCUT2D eigenvalue weighted by Crippen LogP contribution is 2.38. The Balaban J connectivity index is 1.97. The molecule has 0 radical (unpaired) electrons. The van der Waals surface area contributed by atoms with Gasteiger partial charge in [0.25, 0.3) is 11.8 Å². The van der Waals surface area contributed by atoms with Crippen molar-refractivity contribution in [2.75, 3.05) is 12.4 Å². The molecule has 0 aliphatic rings. The number of hydrogen-bond donors (Lipinski definition) is 2. The third kappa shape index (κ3) is 5.87. The molecule has 1 aromatic heterocycles. The van der Waals surface area contributed by atoms with Gasteiger partial charge in [-0.05, 0) is 12.1 Å². The van der Waals surface area contributed by atoms with Gasteiger partial charge in [0.2, 0.25) is 5.82 Å². The van der Waals surface area contributed by atoms with Crippen molar-refractivity contribution < 1.29 is 50.1 Å². The second kappa shape index (κ2) is 9.74. The standard InChI is InChI=1S/C20H12F6N4O5/c1-33-12-4-9(35-20(24,25)26)2-3-11(12)34-13-5-10(21)15(22)16(23)14(13)19(32)30-8-6-28-18(17(27)31)29-7-8/h2-7H,1H3,(H2,27,31)(H,30,32). The number of halogens is 6. The van der Waals surface area contributed by atoms with Crippen LogP contribution in [0.5, 0.6) is 23.0 Å². The van der Waals surface area contributed by atoms with Gasteiger partial charge >= 0.3 is 6.36 Å². The highest BCUT2D eigenvalue weighted by Gasteiger charge is 2.32. The number of carbonyl (C=O) groups excluding carboxylic acids is 2. The summed E-state index contributed by atoms with van der Waals surface area (Å²) in [4.78, 5) is 30.8. The number of nitrogens with two attached hydrogens (primary N) is 1. The van der Waals surface area contributed by atoms with E-state index >= 15 is 0 Å². The monoisotopic (exact) mass is 502 g/mol. The summed E-state index contributed by atoms with van der Waals surface area (Å²) in [6.07, 6.45) is -3.14. The number of benzene rings is 2. The average molecular weight is 502 g/mol. The van der Waals surface area contributed by atoms with E-state index in [-0.39, 0.29) is 11.4 Å². The number of alkyl halides is 3. The molecule has 2 amide bonds. The minimum Gasteiger partial charge on any atom is -0.493 e. The molecule has 0 aliphatic heterocycles. The molecule has 9 nitrogen and oxygen atoms in total. The molecule has 0 aliphatic carbocycles. The van der Waals surface area contributed by atoms with Gasteiger partial charge < -0.3 is 25.3 Å². The van der Waals surface area contributed by atoms with E-state index in [1.54, 1.807) is 0 Å². The van der Waals surface area contributed by atoms with Crippen molar-refractivity contribution >= 4 is 17.5 Å². The van der Waals surface area contributed by atoms with Crippen LogP contribution in [0.25, 0.3) is 0 Å². The topological polar surface area (TPSA) is 126 Å². The van der Waals surface area contributed by atoms with Crippen molar-refractivity contribution in [3.8, 4) is 23.0 Å². The van der Waals surface area contributed by atoms with E-state index < -0.39 is 64.3 Å². The van der Waals surface area contributed by atoms with Crippen LogP contribution >= 0.6 is 0 Å². The summed E-state index contributed by atoms with van der Waals surface area (Å²) in [6, 6.07) is 2.81. The van der Waals surface area contributed by atoms with Crippen molar-refractivity contribution in [2.45, 2.75) is 6.36 Å². The maximum absolute atomic E-state index is 14.6. The number of hydrogen-bond acceptors (Lipinski definition) is 7. The Morgan fingerprint density at radius 1 is 0.971 bits per heavy atom. The molecule has 3 aromatic rings. The van der Waals surface area contributed by atoms with Gasteiger partial charge in [-0.15, -0.1) is 13.2 Å². The quantitative estimate of drug-likeness (QED) is 0.370. The molecular weight excluding hydrogens is 490 g/mol. The molecule has 3 rings (SSSR count). The molecule has 0 spiro atoms. The molecule has 0 atom stereocenters. The molecule has 0 saturated heterocycles. The molecule has 2 aromatic carbocycles. The first kappa shape index (κ1) is 25.1. The van der Waals surface area contributed by atoms with Gasteiger partial charge in [0, 0.05) is 12.1 Å². The fourth-order valence-corrected chi connectivity index (χ4v) is 2.63. The molecule has 0 saturated carbocycles. The zero-order valence-corrected chi connectivity index (χ0v) is 17.2. The summed E-state index contributed by atoms with van der Waals surface area (Å²) in [5.74, 6) is -10.7. The second-order valence-electron chi connectivity index (χ2n) is 6.44. The Hall–Kier alpha value is -4.56. The Labute approximate surface area is 191 Å². The van der Waals surface area contributed by atoms with Gasteiger partial charge in [-0.2, -0.15) is 0 Å². The van der Waals surface area contributed by atoms with Crippen molar-refractivity contribution in [2.24, 2.45) is 5.73 Å². The molecule has 0 fully saturated rings. The van der Waals surface area contributed by atoms with Crippen molar-refractivity contribution in [1.29, 1.82) is 0 Å². The lowest BCUT2D eigenvalue weighted by Gasteiger charge is -2.16. The van der Waals surface area contributed by atoms with Gasteiger partial charge in [-0.3, -0.25) is 9.59 Å². The maximum Gasteiger partial charge on any atom is 0.573 e. The van der Waals surface area contributed by atoms with Crippen LogP contribution in [0.4, 0.5) is 32.0 Å². The van der Waals surface area contributed by atoms with E-state index in [1.807, 2.05) is 0 Å². The number of carbonyl (C=O) groups is 2. The van der Waals surface area contributed by atoms with Crippen LogP contribution in [-0.2, 0) is 0 Å². The normalized spacial score (nSPS) is 11.1. The third-order valence-corrected chi connectivity index (χ3v) is 4.07. The molecule has 35 heavy (non-hydrogen) atoms. The Morgan fingerprint density at radius 3 is 2.20 bits per heavy atom. The van der Waals surface area contributed by atoms with Crippen LogP contribution in [0.15, 0.2) is 36.7 Å². The van der Waals surface area contributed by atoms with Crippen LogP contribution in [0.1, 0.15) is 21.0 Å². The van der Waals surface area contributed by atoms with E-state index in [4.69, 9.17) is 15.2 Å². The summed E-state index contributed by atoms with van der Waals surface area (Å²) < 4.78 is 93.6. The second-order valence-corrected chi connectivity index (χ2v) is 6.44. The summed E-state index contributed by atoms with van der Waals surface area (Å²) in [5.41, 5.74) is 3.70. The molecule has 15 heteroatoms. The lowest BCUT2D eigenvalue weighted by Crippen LogP contribution is -2.19. The minimum atomic E-state index is -5.01. The third-order valence-electron chi connectivity index (χ3n) is 4.07. The first-order valence-corrected chi connectivity index (χ1v) is 9.12. The van der Waals surface area contributed by atoms with Crippen molar-refractivity contribution in [3.63, 3.8) is 0 Å². The van der Waals surface area contributed by atoms with E-state index in [0.29, 0.717) is 6.07 Å². The first-order valence-electron chi connectivity index (χ1n) is 9.12. The number of methoxy groups -OCH3 is 1. The fourth-order valence-electron chi connectivity index (χ4n) is 2.63. The Bertz CT molecular complexity index is 1280. The Kier molecular flexibility index (Phi) is 6.98. The predicted octanol–water partition coefficient (Wildman–Crippen LogP) is 3.94. The molecule has 184 valence electrons. The summed E-state index contributed by atoms with van der Waals surface area (Å²) >= 11 is 0. The van der Waals surface area contributed by atoms with Gasteiger partial charge in [-0.25, -0.2) is 23.1 Å². The van der Waals surface area contributed by atoms with Crippen LogP contribution in [0.3, 0.4) is 0 Å². The van der Waals surface area contributed by atoms with E-state index in [9.17, 15) is 35.9 Å². The number of nitrogens with zero attached hydrogens (tertiary/aromatic N) is 2.